The molecule has 15 heavy (non-hydrogen) atoms. The van der Waals surface area contributed by atoms with Gasteiger partial charge in [0.15, 0.2) is 5.43 Å². The highest BCUT2D eigenvalue weighted by molar-refractivity contribution is 5.93. The van der Waals surface area contributed by atoms with E-state index in [1.54, 1.807) is 0 Å². The lowest BCUT2D eigenvalue weighted by Gasteiger charge is -2.03. The van der Waals surface area contributed by atoms with Crippen molar-refractivity contribution in [3.05, 3.63) is 34.2 Å². The predicted molar refractivity (Wildman–Crippen MR) is 57.9 cm³/mol. The number of aromatic nitrogens is 1. The van der Waals surface area contributed by atoms with Crippen molar-refractivity contribution in [2.24, 2.45) is 0 Å². The Labute approximate surface area is 87.9 Å². The second-order valence-electron chi connectivity index (χ2n) is 3.14. The van der Waals surface area contributed by atoms with Crippen molar-refractivity contribution in [2.75, 3.05) is 20.1 Å². The lowest BCUT2D eigenvalue weighted by atomic mass is 10.2. The smallest absolute Gasteiger partial charge is 0.256 e. The molecule has 82 valence electrons. The van der Waals surface area contributed by atoms with Gasteiger partial charge in [-0.1, -0.05) is 0 Å². The van der Waals surface area contributed by atoms with Crippen LogP contribution in [0.5, 0.6) is 0 Å². The molecule has 0 bridgehead atoms. The van der Waals surface area contributed by atoms with Crippen molar-refractivity contribution in [3.63, 3.8) is 0 Å². The van der Waals surface area contributed by atoms with Gasteiger partial charge in [-0.05, 0) is 20.0 Å². The fourth-order valence-corrected chi connectivity index (χ4v) is 1.16. The van der Waals surface area contributed by atoms with E-state index in [1.807, 2.05) is 7.05 Å². The van der Waals surface area contributed by atoms with E-state index in [-0.39, 0.29) is 16.9 Å². The maximum absolute atomic E-state index is 11.5. The van der Waals surface area contributed by atoms with Crippen LogP contribution in [0.3, 0.4) is 0 Å². The normalized spacial score (nSPS) is 9.93. The van der Waals surface area contributed by atoms with Crippen molar-refractivity contribution in [2.45, 2.75) is 6.42 Å². The fourth-order valence-electron chi connectivity index (χ4n) is 1.16. The molecule has 1 aromatic rings. The Kier molecular flexibility index (Phi) is 4.56. The Balaban J connectivity index is 2.48. The highest BCUT2D eigenvalue weighted by Crippen LogP contribution is 1.87. The third-order valence-corrected chi connectivity index (χ3v) is 1.96. The van der Waals surface area contributed by atoms with Crippen LogP contribution in [0.15, 0.2) is 23.3 Å². The molecule has 0 saturated heterocycles. The number of pyridine rings is 1. The van der Waals surface area contributed by atoms with Crippen LogP contribution in [-0.2, 0) is 0 Å². The highest BCUT2D eigenvalue weighted by Gasteiger charge is 2.07. The van der Waals surface area contributed by atoms with Crippen molar-refractivity contribution in [1.82, 2.24) is 15.6 Å². The zero-order valence-electron chi connectivity index (χ0n) is 8.67. The number of amides is 1. The van der Waals surface area contributed by atoms with Crippen molar-refractivity contribution in [3.8, 4) is 0 Å². The van der Waals surface area contributed by atoms with Gasteiger partial charge in [0.25, 0.3) is 5.91 Å². The summed E-state index contributed by atoms with van der Waals surface area (Å²) in [5.41, 5.74) is -0.109. The number of carbonyl (C=O) groups is 1. The molecular formula is C10H15N3O2. The Morgan fingerprint density at radius 3 is 2.93 bits per heavy atom. The van der Waals surface area contributed by atoms with Crippen LogP contribution in [-0.4, -0.2) is 31.0 Å². The minimum atomic E-state index is -0.326. The van der Waals surface area contributed by atoms with E-state index < -0.39 is 0 Å². The molecule has 5 heteroatoms. The number of aromatic amines is 1. The van der Waals surface area contributed by atoms with Gasteiger partial charge in [-0.2, -0.15) is 0 Å². The zero-order chi connectivity index (χ0) is 11.1. The van der Waals surface area contributed by atoms with Crippen LogP contribution in [0.25, 0.3) is 0 Å². The van der Waals surface area contributed by atoms with Gasteiger partial charge in [0, 0.05) is 25.0 Å². The Bertz CT molecular complexity index is 373. The number of nitrogens with one attached hydrogen (secondary N) is 3. The summed E-state index contributed by atoms with van der Waals surface area (Å²) in [4.78, 5) is 25.4. The second kappa shape index (κ2) is 5.98. The maximum Gasteiger partial charge on any atom is 0.256 e. The van der Waals surface area contributed by atoms with Crippen molar-refractivity contribution < 1.29 is 4.79 Å². The molecule has 0 aliphatic carbocycles. The van der Waals surface area contributed by atoms with Crippen LogP contribution in [0.2, 0.25) is 0 Å². The molecule has 1 aromatic heterocycles. The SMILES string of the molecule is CNCCCNC(=O)c1c[nH]ccc1=O. The van der Waals surface area contributed by atoms with Crippen molar-refractivity contribution >= 4 is 5.91 Å². The lowest BCUT2D eigenvalue weighted by molar-refractivity contribution is 0.0952. The van der Waals surface area contributed by atoms with Gasteiger partial charge in [-0.25, -0.2) is 0 Å². The van der Waals surface area contributed by atoms with Gasteiger partial charge in [0.2, 0.25) is 0 Å². The molecule has 0 saturated carbocycles. The summed E-state index contributed by atoms with van der Waals surface area (Å²) < 4.78 is 0. The van der Waals surface area contributed by atoms with E-state index in [4.69, 9.17) is 0 Å². The number of rotatable bonds is 5. The summed E-state index contributed by atoms with van der Waals surface area (Å²) in [6, 6.07) is 1.34. The standard InChI is InChI=1S/C10H15N3O2/c1-11-4-2-5-13-10(15)8-7-12-6-3-9(8)14/h3,6-7,11H,2,4-5H2,1H3,(H,12,14)(H,13,15). The molecule has 0 atom stereocenters. The third kappa shape index (κ3) is 3.55. The Hall–Kier alpha value is -1.62. The molecule has 3 N–H and O–H groups in total. The molecule has 0 unspecified atom stereocenters. The molecule has 0 fully saturated rings. The Morgan fingerprint density at radius 1 is 1.47 bits per heavy atom. The minimum absolute atomic E-state index is 0.155. The summed E-state index contributed by atoms with van der Waals surface area (Å²) in [6.07, 6.45) is 3.75. The summed E-state index contributed by atoms with van der Waals surface area (Å²) in [5.74, 6) is -0.326. The minimum Gasteiger partial charge on any atom is -0.367 e. The molecule has 1 heterocycles. The predicted octanol–water partition coefficient (Wildman–Crippen LogP) is -0.286. The molecular weight excluding hydrogens is 194 g/mol. The number of H-pyrrole nitrogens is 1. The van der Waals surface area contributed by atoms with Crippen LogP contribution in [0.4, 0.5) is 0 Å². The highest BCUT2D eigenvalue weighted by atomic mass is 16.2. The third-order valence-electron chi connectivity index (χ3n) is 1.96. The first-order valence-electron chi connectivity index (χ1n) is 4.85. The summed E-state index contributed by atoms with van der Waals surface area (Å²) in [6.45, 7) is 1.40. The monoisotopic (exact) mass is 209 g/mol. The summed E-state index contributed by atoms with van der Waals surface area (Å²) in [7, 11) is 1.85. The van der Waals surface area contributed by atoms with Gasteiger partial charge < -0.3 is 15.6 Å². The topological polar surface area (TPSA) is 74.0 Å². The van der Waals surface area contributed by atoms with E-state index in [0.29, 0.717) is 6.54 Å². The molecule has 5 nitrogen and oxygen atoms in total. The van der Waals surface area contributed by atoms with Gasteiger partial charge in [-0.15, -0.1) is 0 Å². The molecule has 1 rings (SSSR count). The van der Waals surface area contributed by atoms with Crippen molar-refractivity contribution in [1.29, 1.82) is 0 Å². The first-order chi connectivity index (χ1) is 7.25. The van der Waals surface area contributed by atoms with Crippen LogP contribution in [0, 0.1) is 0 Å². The molecule has 0 spiro atoms. The number of hydrogen-bond donors (Lipinski definition) is 3. The molecule has 0 radical (unpaired) electrons. The molecule has 1 amide bonds. The van der Waals surface area contributed by atoms with E-state index in [2.05, 4.69) is 15.6 Å². The molecule has 0 aliphatic heterocycles. The van der Waals surface area contributed by atoms with E-state index in [9.17, 15) is 9.59 Å². The largest absolute Gasteiger partial charge is 0.367 e. The summed E-state index contributed by atoms with van der Waals surface area (Å²) in [5, 5.41) is 5.65. The van der Waals surface area contributed by atoms with Gasteiger partial charge in [0.05, 0.1) is 0 Å². The second-order valence-corrected chi connectivity index (χ2v) is 3.14. The number of hydrogen-bond acceptors (Lipinski definition) is 3. The van der Waals surface area contributed by atoms with Crippen LogP contribution >= 0.6 is 0 Å². The molecule has 0 aromatic carbocycles. The average Bonchev–Trinajstić information content (AvgIpc) is 2.25. The first kappa shape index (κ1) is 11.5. The van der Waals surface area contributed by atoms with E-state index in [0.717, 1.165) is 13.0 Å². The Morgan fingerprint density at radius 2 is 2.27 bits per heavy atom. The van der Waals surface area contributed by atoms with Gasteiger partial charge in [-0.3, -0.25) is 9.59 Å². The van der Waals surface area contributed by atoms with E-state index in [1.165, 1.54) is 18.5 Å². The van der Waals surface area contributed by atoms with E-state index >= 15 is 0 Å². The number of carbonyl (C=O) groups excluding carboxylic acids is 1. The summed E-state index contributed by atoms with van der Waals surface area (Å²) >= 11 is 0. The quantitative estimate of drug-likeness (QED) is 0.584. The lowest BCUT2D eigenvalue weighted by Crippen LogP contribution is -2.30. The van der Waals surface area contributed by atoms with Crippen LogP contribution < -0.4 is 16.1 Å². The first-order valence-corrected chi connectivity index (χ1v) is 4.85. The van der Waals surface area contributed by atoms with Gasteiger partial charge >= 0.3 is 0 Å². The van der Waals surface area contributed by atoms with Gasteiger partial charge in [0.1, 0.15) is 5.56 Å². The zero-order valence-corrected chi connectivity index (χ0v) is 8.67. The fraction of sp³-hybridized carbons (Fsp3) is 0.400. The average molecular weight is 209 g/mol. The molecule has 0 aliphatic rings. The van der Waals surface area contributed by atoms with Crippen LogP contribution in [0.1, 0.15) is 16.8 Å². The maximum atomic E-state index is 11.5.